The number of carbonyl (C=O) groups is 2. The standard InChI is InChI=1S/C21H24BrN3O2/c22-18-8-4-5-9-19(18)25-20(26)14-23-16-12-10-15(11-13-16)21(27)24-17-6-2-1-3-7-17/h4-5,8-13,17,23H,1-3,6-7,14H2,(H,24,27)(H,25,26). The molecule has 2 amide bonds. The Hall–Kier alpha value is -2.34. The van der Waals surface area contributed by atoms with Crippen molar-refractivity contribution in [1.82, 2.24) is 5.32 Å². The maximum atomic E-state index is 12.3. The fourth-order valence-corrected chi connectivity index (χ4v) is 3.58. The zero-order valence-electron chi connectivity index (χ0n) is 15.1. The molecule has 0 unspecified atom stereocenters. The summed E-state index contributed by atoms with van der Waals surface area (Å²) in [6.07, 6.45) is 5.78. The third-order valence-corrected chi connectivity index (χ3v) is 5.38. The Morgan fingerprint density at radius 1 is 0.963 bits per heavy atom. The van der Waals surface area contributed by atoms with Gasteiger partial charge < -0.3 is 16.0 Å². The topological polar surface area (TPSA) is 70.2 Å². The first-order chi connectivity index (χ1) is 13.1. The SMILES string of the molecule is O=C(CNc1ccc(C(=O)NC2CCCCC2)cc1)Nc1ccccc1Br. The predicted octanol–water partition coefficient (Wildman–Crippen LogP) is 4.56. The third kappa shape index (κ3) is 5.82. The van der Waals surface area contributed by atoms with E-state index in [4.69, 9.17) is 0 Å². The van der Waals surface area contributed by atoms with Crippen LogP contribution in [-0.4, -0.2) is 24.4 Å². The summed E-state index contributed by atoms with van der Waals surface area (Å²) in [5.41, 5.74) is 2.18. The molecule has 0 saturated heterocycles. The quantitative estimate of drug-likeness (QED) is 0.629. The molecule has 27 heavy (non-hydrogen) atoms. The predicted molar refractivity (Wildman–Crippen MR) is 112 cm³/mol. The largest absolute Gasteiger partial charge is 0.376 e. The van der Waals surface area contributed by atoms with Crippen molar-refractivity contribution >= 4 is 39.1 Å². The first-order valence-electron chi connectivity index (χ1n) is 9.31. The Bertz CT molecular complexity index is 786. The van der Waals surface area contributed by atoms with Gasteiger partial charge in [0.25, 0.3) is 5.91 Å². The minimum absolute atomic E-state index is 0.0277. The van der Waals surface area contributed by atoms with E-state index in [-0.39, 0.29) is 18.4 Å². The summed E-state index contributed by atoms with van der Waals surface area (Å²) in [4.78, 5) is 24.4. The number of para-hydroxylation sites is 1. The van der Waals surface area contributed by atoms with E-state index in [1.807, 2.05) is 36.4 Å². The van der Waals surface area contributed by atoms with Crippen molar-refractivity contribution in [1.29, 1.82) is 0 Å². The average molecular weight is 430 g/mol. The van der Waals surface area contributed by atoms with Crippen molar-refractivity contribution in [3.05, 3.63) is 58.6 Å². The fraction of sp³-hybridized carbons (Fsp3) is 0.333. The van der Waals surface area contributed by atoms with Gasteiger partial charge in [-0.25, -0.2) is 0 Å². The van der Waals surface area contributed by atoms with Crippen LogP contribution in [0.5, 0.6) is 0 Å². The van der Waals surface area contributed by atoms with Crippen LogP contribution in [0.4, 0.5) is 11.4 Å². The van der Waals surface area contributed by atoms with Gasteiger partial charge >= 0.3 is 0 Å². The number of rotatable bonds is 6. The first kappa shape index (κ1) is 19.4. The smallest absolute Gasteiger partial charge is 0.251 e. The maximum Gasteiger partial charge on any atom is 0.251 e. The van der Waals surface area contributed by atoms with Crippen molar-refractivity contribution in [3.8, 4) is 0 Å². The lowest BCUT2D eigenvalue weighted by molar-refractivity contribution is -0.114. The second kappa shape index (κ2) is 9.55. The van der Waals surface area contributed by atoms with E-state index < -0.39 is 0 Å². The number of benzene rings is 2. The van der Waals surface area contributed by atoms with Crippen molar-refractivity contribution in [2.75, 3.05) is 17.2 Å². The Labute approximate surface area is 168 Å². The Kier molecular flexibility index (Phi) is 6.87. The molecule has 3 N–H and O–H groups in total. The summed E-state index contributed by atoms with van der Waals surface area (Å²) < 4.78 is 0.840. The summed E-state index contributed by atoms with van der Waals surface area (Å²) in [5, 5.41) is 9.03. The van der Waals surface area contributed by atoms with E-state index >= 15 is 0 Å². The fourth-order valence-electron chi connectivity index (χ4n) is 3.19. The van der Waals surface area contributed by atoms with Gasteiger partial charge in [-0.2, -0.15) is 0 Å². The molecule has 0 aliphatic heterocycles. The highest BCUT2D eigenvalue weighted by Gasteiger charge is 2.16. The molecular weight excluding hydrogens is 406 g/mol. The molecule has 0 atom stereocenters. The van der Waals surface area contributed by atoms with E-state index in [9.17, 15) is 9.59 Å². The molecule has 1 fully saturated rings. The normalized spacial score (nSPS) is 14.4. The molecule has 1 aliphatic carbocycles. The zero-order valence-corrected chi connectivity index (χ0v) is 16.7. The van der Waals surface area contributed by atoms with Crippen LogP contribution in [0.25, 0.3) is 0 Å². The maximum absolute atomic E-state index is 12.3. The van der Waals surface area contributed by atoms with Gasteiger partial charge in [0, 0.05) is 21.8 Å². The molecule has 0 bridgehead atoms. The number of hydrogen-bond acceptors (Lipinski definition) is 3. The van der Waals surface area contributed by atoms with Crippen LogP contribution in [0.2, 0.25) is 0 Å². The second-order valence-electron chi connectivity index (χ2n) is 6.77. The molecule has 1 aliphatic rings. The average Bonchev–Trinajstić information content (AvgIpc) is 2.69. The van der Waals surface area contributed by atoms with Crippen LogP contribution in [-0.2, 0) is 4.79 Å². The molecule has 0 radical (unpaired) electrons. The minimum atomic E-state index is -0.138. The molecule has 0 spiro atoms. The summed E-state index contributed by atoms with van der Waals surface area (Å²) in [7, 11) is 0. The molecule has 0 aromatic heterocycles. The van der Waals surface area contributed by atoms with Gasteiger partial charge in [0.15, 0.2) is 0 Å². The van der Waals surface area contributed by atoms with Gasteiger partial charge in [0.05, 0.1) is 12.2 Å². The third-order valence-electron chi connectivity index (χ3n) is 4.69. The van der Waals surface area contributed by atoms with Gasteiger partial charge in [-0.3, -0.25) is 9.59 Å². The van der Waals surface area contributed by atoms with Crippen molar-refractivity contribution < 1.29 is 9.59 Å². The van der Waals surface area contributed by atoms with Crippen LogP contribution < -0.4 is 16.0 Å². The van der Waals surface area contributed by atoms with Crippen LogP contribution >= 0.6 is 15.9 Å². The lowest BCUT2D eigenvalue weighted by Gasteiger charge is -2.22. The van der Waals surface area contributed by atoms with Crippen LogP contribution in [0, 0.1) is 0 Å². The highest BCUT2D eigenvalue weighted by atomic mass is 79.9. The summed E-state index contributed by atoms with van der Waals surface area (Å²) in [6, 6.07) is 15.0. The summed E-state index contributed by atoms with van der Waals surface area (Å²) in [5.74, 6) is -0.166. The van der Waals surface area contributed by atoms with E-state index in [0.717, 1.165) is 28.7 Å². The van der Waals surface area contributed by atoms with E-state index in [1.54, 1.807) is 12.1 Å². The molecule has 0 heterocycles. The molecule has 6 heteroatoms. The number of halogens is 1. The van der Waals surface area contributed by atoms with Gasteiger partial charge in [-0.05, 0) is 65.2 Å². The Morgan fingerprint density at radius 3 is 2.37 bits per heavy atom. The lowest BCUT2D eigenvalue weighted by Crippen LogP contribution is -2.36. The number of amides is 2. The second-order valence-corrected chi connectivity index (χ2v) is 7.62. The van der Waals surface area contributed by atoms with Crippen LogP contribution in [0.15, 0.2) is 53.0 Å². The molecule has 2 aromatic carbocycles. The molecule has 3 rings (SSSR count). The van der Waals surface area contributed by atoms with Crippen molar-refractivity contribution in [2.24, 2.45) is 0 Å². The number of nitrogens with one attached hydrogen (secondary N) is 3. The number of anilines is 2. The van der Waals surface area contributed by atoms with Crippen LogP contribution in [0.3, 0.4) is 0 Å². The Balaban J connectivity index is 1.48. The highest BCUT2D eigenvalue weighted by molar-refractivity contribution is 9.10. The minimum Gasteiger partial charge on any atom is -0.376 e. The molecule has 1 saturated carbocycles. The van der Waals surface area contributed by atoms with Gasteiger partial charge in [-0.1, -0.05) is 31.4 Å². The van der Waals surface area contributed by atoms with Gasteiger partial charge in [0.1, 0.15) is 0 Å². The van der Waals surface area contributed by atoms with E-state index in [2.05, 4.69) is 31.9 Å². The summed E-state index contributed by atoms with van der Waals surface area (Å²) >= 11 is 3.40. The van der Waals surface area contributed by atoms with Gasteiger partial charge in [0.2, 0.25) is 5.91 Å². The Morgan fingerprint density at radius 2 is 1.67 bits per heavy atom. The highest BCUT2D eigenvalue weighted by Crippen LogP contribution is 2.21. The number of carbonyl (C=O) groups excluding carboxylic acids is 2. The molecule has 2 aromatic rings. The molecule has 142 valence electrons. The van der Waals surface area contributed by atoms with Crippen LogP contribution in [0.1, 0.15) is 42.5 Å². The molecular formula is C21H24BrN3O2. The van der Waals surface area contributed by atoms with Gasteiger partial charge in [-0.15, -0.1) is 0 Å². The molecule has 5 nitrogen and oxygen atoms in total. The van der Waals surface area contributed by atoms with Crippen molar-refractivity contribution in [2.45, 2.75) is 38.1 Å². The zero-order chi connectivity index (χ0) is 19.1. The lowest BCUT2D eigenvalue weighted by atomic mass is 9.95. The number of hydrogen-bond donors (Lipinski definition) is 3. The van der Waals surface area contributed by atoms with E-state index in [1.165, 1.54) is 19.3 Å². The van der Waals surface area contributed by atoms with E-state index in [0.29, 0.717) is 11.6 Å². The summed E-state index contributed by atoms with van der Waals surface area (Å²) in [6.45, 7) is 0.148. The monoisotopic (exact) mass is 429 g/mol. The van der Waals surface area contributed by atoms with Crippen molar-refractivity contribution in [3.63, 3.8) is 0 Å². The first-order valence-corrected chi connectivity index (χ1v) is 10.1.